The SMILES string of the molecule is O=C(O)C1CCCn2c1cnc2C1CCS(=O)(=O)C1. The van der Waals surface area contributed by atoms with E-state index < -0.39 is 21.7 Å². The third kappa shape index (κ3) is 2.16. The van der Waals surface area contributed by atoms with Gasteiger partial charge in [-0.15, -0.1) is 0 Å². The van der Waals surface area contributed by atoms with Gasteiger partial charge in [-0.05, 0) is 19.3 Å². The predicted octanol–water partition coefficient (Wildman–Crippen LogP) is 0.747. The van der Waals surface area contributed by atoms with Crippen LogP contribution in [0.15, 0.2) is 6.20 Å². The number of hydrogen-bond donors (Lipinski definition) is 1. The van der Waals surface area contributed by atoms with E-state index in [-0.39, 0.29) is 17.4 Å². The normalized spacial score (nSPS) is 29.1. The van der Waals surface area contributed by atoms with Gasteiger partial charge < -0.3 is 9.67 Å². The summed E-state index contributed by atoms with van der Waals surface area (Å²) in [6.07, 6.45) is 3.63. The summed E-state index contributed by atoms with van der Waals surface area (Å²) in [7, 11) is -2.95. The van der Waals surface area contributed by atoms with Crippen LogP contribution in [0.1, 0.15) is 42.6 Å². The highest BCUT2D eigenvalue weighted by atomic mass is 32.2. The van der Waals surface area contributed by atoms with Crippen molar-refractivity contribution in [2.75, 3.05) is 11.5 Å². The number of fused-ring (bicyclic) bond motifs is 1. The molecule has 0 aliphatic carbocycles. The molecule has 1 aromatic rings. The molecule has 3 rings (SSSR count). The molecule has 1 N–H and O–H groups in total. The van der Waals surface area contributed by atoms with E-state index in [9.17, 15) is 18.3 Å². The molecule has 1 aromatic heterocycles. The molecule has 2 aliphatic heterocycles. The number of carboxylic acid groups (broad SMARTS) is 1. The Kier molecular flexibility index (Phi) is 2.88. The van der Waals surface area contributed by atoms with Gasteiger partial charge >= 0.3 is 5.97 Å². The van der Waals surface area contributed by atoms with E-state index >= 15 is 0 Å². The monoisotopic (exact) mass is 284 g/mol. The molecule has 7 heteroatoms. The zero-order valence-corrected chi connectivity index (χ0v) is 11.3. The quantitative estimate of drug-likeness (QED) is 0.865. The van der Waals surface area contributed by atoms with Crippen LogP contribution in [0.25, 0.3) is 0 Å². The Bertz CT molecular complexity index is 620. The molecule has 2 atom stereocenters. The van der Waals surface area contributed by atoms with Crippen molar-refractivity contribution in [2.24, 2.45) is 0 Å². The van der Waals surface area contributed by atoms with Crippen molar-refractivity contribution in [3.05, 3.63) is 17.7 Å². The Morgan fingerprint density at radius 1 is 1.42 bits per heavy atom. The molecule has 0 bridgehead atoms. The number of nitrogens with zero attached hydrogens (tertiary/aromatic N) is 2. The van der Waals surface area contributed by atoms with Gasteiger partial charge in [-0.3, -0.25) is 4.79 Å². The minimum Gasteiger partial charge on any atom is -0.481 e. The molecule has 2 unspecified atom stereocenters. The first-order valence-corrected chi connectivity index (χ1v) is 8.28. The number of aromatic nitrogens is 2. The maximum Gasteiger partial charge on any atom is 0.312 e. The molecule has 0 saturated carbocycles. The zero-order chi connectivity index (χ0) is 13.6. The van der Waals surface area contributed by atoms with Crippen LogP contribution in [-0.2, 0) is 21.2 Å². The van der Waals surface area contributed by atoms with E-state index in [2.05, 4.69) is 4.98 Å². The summed E-state index contributed by atoms with van der Waals surface area (Å²) in [5, 5.41) is 9.21. The molecule has 0 radical (unpaired) electrons. The Hall–Kier alpha value is -1.37. The van der Waals surface area contributed by atoms with E-state index in [4.69, 9.17) is 0 Å². The topological polar surface area (TPSA) is 89.3 Å². The maximum atomic E-state index is 11.5. The van der Waals surface area contributed by atoms with Crippen molar-refractivity contribution in [1.29, 1.82) is 0 Å². The Balaban J connectivity index is 1.95. The summed E-state index contributed by atoms with van der Waals surface area (Å²) in [6, 6.07) is 0. The first-order chi connectivity index (χ1) is 8.98. The van der Waals surface area contributed by atoms with Gasteiger partial charge in [-0.2, -0.15) is 0 Å². The van der Waals surface area contributed by atoms with Crippen LogP contribution in [0.4, 0.5) is 0 Å². The molecule has 0 amide bonds. The fourth-order valence-electron chi connectivity index (χ4n) is 3.10. The van der Waals surface area contributed by atoms with Gasteiger partial charge in [-0.1, -0.05) is 0 Å². The summed E-state index contributed by atoms with van der Waals surface area (Å²) in [6.45, 7) is 0.741. The molecule has 2 aliphatic rings. The lowest BCUT2D eigenvalue weighted by Crippen LogP contribution is -2.23. The molecule has 1 saturated heterocycles. The van der Waals surface area contributed by atoms with Gasteiger partial charge in [0, 0.05) is 18.7 Å². The van der Waals surface area contributed by atoms with Gasteiger partial charge in [0.2, 0.25) is 0 Å². The Labute approximate surface area is 111 Å². The lowest BCUT2D eigenvalue weighted by atomic mass is 9.96. The summed E-state index contributed by atoms with van der Waals surface area (Å²) < 4.78 is 25.0. The van der Waals surface area contributed by atoms with Crippen LogP contribution in [0.3, 0.4) is 0 Å². The smallest absolute Gasteiger partial charge is 0.312 e. The zero-order valence-electron chi connectivity index (χ0n) is 10.4. The Morgan fingerprint density at radius 3 is 2.84 bits per heavy atom. The first-order valence-electron chi connectivity index (χ1n) is 6.46. The number of carbonyl (C=O) groups is 1. The van der Waals surface area contributed by atoms with Crippen LogP contribution < -0.4 is 0 Å². The average Bonchev–Trinajstić information content (AvgIpc) is 2.91. The number of rotatable bonds is 2. The van der Waals surface area contributed by atoms with Crippen LogP contribution in [0.2, 0.25) is 0 Å². The second-order valence-electron chi connectivity index (χ2n) is 5.33. The minimum atomic E-state index is -2.95. The molecule has 3 heterocycles. The second kappa shape index (κ2) is 4.33. The third-order valence-electron chi connectivity index (χ3n) is 4.04. The van der Waals surface area contributed by atoms with Crippen molar-refractivity contribution < 1.29 is 18.3 Å². The summed E-state index contributed by atoms with van der Waals surface area (Å²) in [5.41, 5.74) is 0.720. The number of carboxylic acids is 1. The van der Waals surface area contributed by atoms with E-state index in [0.29, 0.717) is 12.8 Å². The second-order valence-corrected chi connectivity index (χ2v) is 7.55. The molecule has 0 spiro atoms. The predicted molar refractivity (Wildman–Crippen MR) is 67.8 cm³/mol. The largest absolute Gasteiger partial charge is 0.481 e. The number of hydrogen-bond acceptors (Lipinski definition) is 4. The third-order valence-corrected chi connectivity index (χ3v) is 5.81. The summed E-state index contributed by atoms with van der Waals surface area (Å²) >= 11 is 0. The molecule has 19 heavy (non-hydrogen) atoms. The van der Waals surface area contributed by atoms with E-state index in [0.717, 1.165) is 24.5 Å². The van der Waals surface area contributed by atoms with Crippen molar-refractivity contribution in [3.63, 3.8) is 0 Å². The highest BCUT2D eigenvalue weighted by molar-refractivity contribution is 7.91. The Morgan fingerprint density at radius 2 is 2.21 bits per heavy atom. The summed E-state index contributed by atoms with van der Waals surface area (Å²) in [5.74, 6) is -0.309. The first kappa shape index (κ1) is 12.7. The van der Waals surface area contributed by atoms with Crippen LogP contribution >= 0.6 is 0 Å². The van der Waals surface area contributed by atoms with Crippen molar-refractivity contribution >= 4 is 15.8 Å². The molecular weight excluding hydrogens is 268 g/mol. The fourth-order valence-corrected chi connectivity index (χ4v) is 4.84. The molecule has 0 aromatic carbocycles. The fraction of sp³-hybridized carbons (Fsp3) is 0.667. The van der Waals surface area contributed by atoms with Crippen LogP contribution in [0.5, 0.6) is 0 Å². The lowest BCUT2D eigenvalue weighted by molar-refractivity contribution is -0.139. The van der Waals surface area contributed by atoms with Crippen molar-refractivity contribution in [3.8, 4) is 0 Å². The maximum absolute atomic E-state index is 11.5. The highest BCUT2D eigenvalue weighted by Crippen LogP contribution is 2.34. The number of imidazole rings is 1. The van der Waals surface area contributed by atoms with Gasteiger partial charge in [0.25, 0.3) is 0 Å². The average molecular weight is 284 g/mol. The van der Waals surface area contributed by atoms with Gasteiger partial charge in [0.05, 0.1) is 23.1 Å². The number of aliphatic carboxylic acids is 1. The molecular formula is C12H16N2O4S. The van der Waals surface area contributed by atoms with E-state index in [1.807, 2.05) is 4.57 Å². The molecule has 1 fully saturated rings. The minimum absolute atomic E-state index is 0.0775. The van der Waals surface area contributed by atoms with Gasteiger partial charge in [0.15, 0.2) is 9.84 Å². The van der Waals surface area contributed by atoms with E-state index in [1.165, 1.54) is 0 Å². The van der Waals surface area contributed by atoms with Gasteiger partial charge in [0.1, 0.15) is 5.82 Å². The van der Waals surface area contributed by atoms with Gasteiger partial charge in [-0.25, -0.2) is 13.4 Å². The van der Waals surface area contributed by atoms with Crippen LogP contribution in [0, 0.1) is 0 Å². The lowest BCUT2D eigenvalue weighted by Gasteiger charge is -2.23. The summed E-state index contributed by atoms with van der Waals surface area (Å²) in [4.78, 5) is 15.5. The van der Waals surface area contributed by atoms with Crippen molar-refractivity contribution in [2.45, 2.75) is 37.6 Å². The highest BCUT2D eigenvalue weighted by Gasteiger charge is 2.35. The van der Waals surface area contributed by atoms with Crippen molar-refractivity contribution in [1.82, 2.24) is 9.55 Å². The number of sulfone groups is 1. The molecule has 6 nitrogen and oxygen atoms in total. The standard InChI is InChI=1S/C12H16N2O4S/c15-12(16)9-2-1-4-14-10(9)6-13-11(14)8-3-5-19(17,18)7-8/h6,8-9H,1-5,7H2,(H,15,16). The van der Waals surface area contributed by atoms with Crippen LogP contribution in [-0.4, -0.2) is 40.6 Å². The molecule has 104 valence electrons. The van der Waals surface area contributed by atoms with E-state index in [1.54, 1.807) is 6.20 Å².